The van der Waals surface area contributed by atoms with Crippen molar-refractivity contribution in [2.75, 3.05) is 12.4 Å². The van der Waals surface area contributed by atoms with Crippen LogP contribution in [0.5, 0.6) is 0 Å². The second-order valence-corrected chi connectivity index (χ2v) is 6.06. The van der Waals surface area contributed by atoms with Crippen molar-refractivity contribution in [3.05, 3.63) is 71.8 Å². The maximum atomic E-state index is 11.8. The quantitative estimate of drug-likeness (QED) is 0.788. The highest BCUT2D eigenvalue weighted by atomic mass is 32.2. The molecule has 3 nitrogen and oxygen atoms in total. The monoisotopic (exact) mass is 311 g/mol. The number of rotatable bonds is 5. The highest BCUT2D eigenvalue weighted by Gasteiger charge is 2.19. The molecule has 3 rings (SSSR count). The molecule has 0 bridgehead atoms. The molecule has 0 saturated heterocycles. The molecular weight excluding hydrogens is 294 g/mol. The zero-order valence-corrected chi connectivity index (χ0v) is 13.0. The van der Waals surface area contributed by atoms with E-state index in [1.165, 1.54) is 0 Å². The fraction of sp³-hybridized carbons (Fsp3) is 0.222. The van der Waals surface area contributed by atoms with E-state index in [-0.39, 0.29) is 12.0 Å². The summed E-state index contributed by atoms with van der Waals surface area (Å²) in [5.41, 5.74) is 1.76. The van der Waals surface area contributed by atoms with Gasteiger partial charge in [-0.1, -0.05) is 48.5 Å². The molecule has 0 radical (unpaired) electrons. The summed E-state index contributed by atoms with van der Waals surface area (Å²) in [4.78, 5) is 16.6. The Morgan fingerprint density at radius 3 is 2.50 bits per heavy atom. The third-order valence-corrected chi connectivity index (χ3v) is 4.59. The van der Waals surface area contributed by atoms with Crippen molar-refractivity contribution in [2.24, 2.45) is 4.99 Å². The predicted molar refractivity (Wildman–Crippen MR) is 90.6 cm³/mol. The molecule has 2 aromatic rings. The first-order valence-electron chi connectivity index (χ1n) is 7.31. The molecule has 112 valence electrons. The van der Waals surface area contributed by atoms with Gasteiger partial charge in [0.05, 0.1) is 23.3 Å². The van der Waals surface area contributed by atoms with E-state index in [0.717, 1.165) is 22.8 Å². The van der Waals surface area contributed by atoms with E-state index in [0.29, 0.717) is 12.2 Å². The average molecular weight is 311 g/mol. The molecule has 0 N–H and O–H groups in total. The van der Waals surface area contributed by atoms with Gasteiger partial charge < -0.3 is 4.74 Å². The third kappa shape index (κ3) is 3.77. The van der Waals surface area contributed by atoms with Gasteiger partial charge in [-0.2, -0.15) is 0 Å². The van der Waals surface area contributed by atoms with E-state index in [4.69, 9.17) is 9.73 Å². The van der Waals surface area contributed by atoms with E-state index < -0.39 is 0 Å². The molecule has 1 heterocycles. The van der Waals surface area contributed by atoms with Gasteiger partial charge in [-0.3, -0.25) is 4.99 Å². The van der Waals surface area contributed by atoms with Gasteiger partial charge in [0.2, 0.25) is 0 Å². The van der Waals surface area contributed by atoms with Crippen LogP contribution < -0.4 is 0 Å². The lowest BCUT2D eigenvalue weighted by Gasteiger charge is -2.07. The molecule has 0 amide bonds. The van der Waals surface area contributed by atoms with Gasteiger partial charge in [0.1, 0.15) is 0 Å². The van der Waals surface area contributed by atoms with Crippen LogP contribution in [-0.2, 0) is 4.74 Å². The summed E-state index contributed by atoms with van der Waals surface area (Å²) in [6.45, 7) is 0.407. The number of carbonyl (C=O) groups is 1. The van der Waals surface area contributed by atoms with Crippen molar-refractivity contribution in [1.29, 1.82) is 0 Å². The third-order valence-electron chi connectivity index (χ3n) is 3.43. The Balaban J connectivity index is 1.49. The summed E-state index contributed by atoms with van der Waals surface area (Å²) in [5, 5.41) is 1.08. The van der Waals surface area contributed by atoms with E-state index in [1.807, 2.05) is 36.4 Å². The summed E-state index contributed by atoms with van der Waals surface area (Å²) >= 11 is 1.77. The summed E-state index contributed by atoms with van der Waals surface area (Å²) in [7, 11) is 0. The number of nitrogens with zero attached hydrogens (tertiary/aromatic N) is 1. The molecule has 0 aromatic heterocycles. The van der Waals surface area contributed by atoms with Crippen LogP contribution in [0.4, 0.5) is 0 Å². The largest absolute Gasteiger partial charge is 0.462 e. The second kappa shape index (κ2) is 7.27. The SMILES string of the molecule is O=C(OCCC1CSC(c2ccccc2)=N1)c1ccccc1. The first kappa shape index (κ1) is 14.9. The van der Waals surface area contributed by atoms with Crippen LogP contribution in [0.1, 0.15) is 22.3 Å². The molecule has 0 spiro atoms. The molecule has 0 fully saturated rings. The molecule has 0 saturated carbocycles. The number of thioether (sulfide) groups is 1. The Bertz CT molecular complexity index is 655. The van der Waals surface area contributed by atoms with Crippen LogP contribution in [0, 0.1) is 0 Å². The fourth-order valence-electron chi connectivity index (χ4n) is 2.25. The van der Waals surface area contributed by atoms with Gasteiger partial charge in [-0.15, -0.1) is 11.8 Å². The minimum absolute atomic E-state index is 0.226. The van der Waals surface area contributed by atoms with Crippen LogP contribution >= 0.6 is 11.8 Å². The maximum absolute atomic E-state index is 11.8. The lowest BCUT2D eigenvalue weighted by atomic mass is 10.2. The zero-order chi connectivity index (χ0) is 15.2. The van der Waals surface area contributed by atoms with Gasteiger partial charge >= 0.3 is 5.97 Å². The van der Waals surface area contributed by atoms with Gasteiger partial charge in [-0.05, 0) is 12.1 Å². The molecular formula is C18H17NO2S. The van der Waals surface area contributed by atoms with Crippen LogP contribution in [0.2, 0.25) is 0 Å². The molecule has 1 aliphatic rings. The fourth-order valence-corrected chi connectivity index (χ4v) is 3.37. The highest BCUT2D eigenvalue weighted by molar-refractivity contribution is 8.14. The van der Waals surface area contributed by atoms with Crippen molar-refractivity contribution in [3.8, 4) is 0 Å². The van der Waals surface area contributed by atoms with Crippen molar-refractivity contribution in [2.45, 2.75) is 12.5 Å². The number of carbonyl (C=O) groups excluding carboxylic acids is 1. The average Bonchev–Trinajstić information content (AvgIpc) is 3.05. The van der Waals surface area contributed by atoms with Crippen molar-refractivity contribution in [1.82, 2.24) is 0 Å². The first-order valence-corrected chi connectivity index (χ1v) is 8.29. The van der Waals surface area contributed by atoms with Crippen LogP contribution in [-0.4, -0.2) is 29.4 Å². The zero-order valence-electron chi connectivity index (χ0n) is 12.1. The molecule has 4 heteroatoms. The molecule has 22 heavy (non-hydrogen) atoms. The lowest BCUT2D eigenvalue weighted by molar-refractivity contribution is 0.0496. The minimum Gasteiger partial charge on any atom is -0.462 e. The molecule has 2 aromatic carbocycles. The van der Waals surface area contributed by atoms with Gasteiger partial charge in [0.15, 0.2) is 0 Å². The second-order valence-electron chi connectivity index (χ2n) is 5.06. The summed E-state index contributed by atoms with van der Waals surface area (Å²) in [6, 6.07) is 19.5. The minimum atomic E-state index is -0.265. The number of aliphatic imine (C=N–C) groups is 1. The van der Waals surface area contributed by atoms with E-state index in [9.17, 15) is 4.79 Å². The van der Waals surface area contributed by atoms with Crippen molar-refractivity contribution in [3.63, 3.8) is 0 Å². The smallest absolute Gasteiger partial charge is 0.338 e. The van der Waals surface area contributed by atoms with E-state index >= 15 is 0 Å². The Kier molecular flexibility index (Phi) is 4.91. The van der Waals surface area contributed by atoms with Crippen molar-refractivity contribution >= 4 is 22.8 Å². The molecule has 1 aliphatic heterocycles. The number of hydrogen-bond acceptors (Lipinski definition) is 4. The predicted octanol–water partition coefficient (Wildman–Crippen LogP) is 3.80. The number of benzene rings is 2. The Morgan fingerprint density at radius 2 is 1.77 bits per heavy atom. The Hall–Kier alpha value is -2.07. The van der Waals surface area contributed by atoms with Crippen LogP contribution in [0.15, 0.2) is 65.7 Å². The Labute approximate surface area is 134 Å². The van der Waals surface area contributed by atoms with Crippen molar-refractivity contribution < 1.29 is 9.53 Å². The van der Waals surface area contributed by atoms with E-state index in [1.54, 1.807) is 23.9 Å². The summed E-state index contributed by atoms with van der Waals surface area (Å²) < 4.78 is 5.31. The lowest BCUT2D eigenvalue weighted by Crippen LogP contribution is -2.12. The standard InChI is InChI=1S/C18H17NO2S/c20-18(15-9-5-2-6-10-15)21-12-11-16-13-22-17(19-16)14-7-3-1-4-8-14/h1-10,16H,11-13H2. The van der Waals surface area contributed by atoms with Gasteiger partial charge in [-0.25, -0.2) is 4.79 Å². The number of ether oxygens (including phenoxy) is 1. The Morgan fingerprint density at radius 1 is 1.09 bits per heavy atom. The van der Waals surface area contributed by atoms with Gasteiger partial charge in [0, 0.05) is 17.7 Å². The molecule has 1 unspecified atom stereocenters. The number of hydrogen-bond donors (Lipinski definition) is 0. The highest BCUT2D eigenvalue weighted by Crippen LogP contribution is 2.24. The van der Waals surface area contributed by atoms with Gasteiger partial charge in [0.25, 0.3) is 0 Å². The topological polar surface area (TPSA) is 38.7 Å². The summed E-state index contributed by atoms with van der Waals surface area (Å²) in [6.07, 6.45) is 0.766. The first-order chi connectivity index (χ1) is 10.8. The van der Waals surface area contributed by atoms with Crippen LogP contribution in [0.3, 0.4) is 0 Å². The van der Waals surface area contributed by atoms with Crippen LogP contribution in [0.25, 0.3) is 0 Å². The van der Waals surface area contributed by atoms with E-state index in [2.05, 4.69) is 12.1 Å². The normalized spacial score (nSPS) is 17.1. The summed E-state index contributed by atoms with van der Waals surface area (Å²) in [5.74, 6) is 0.686. The number of esters is 1. The maximum Gasteiger partial charge on any atom is 0.338 e. The molecule has 0 aliphatic carbocycles. The molecule has 1 atom stereocenters.